The molecule has 1 aliphatic carbocycles. The lowest BCUT2D eigenvalue weighted by Gasteiger charge is -2.25. The molecule has 1 saturated heterocycles. The molecule has 1 aliphatic heterocycles. The normalized spacial score (nSPS) is 21.6. The van der Waals surface area contributed by atoms with Crippen LogP contribution < -0.4 is 15.4 Å². The standard InChI is InChI=1S/C21H33N3O2.HI/c1-16-6-7-17(19(12-16)26-18-8-11-25-14-18)13-23-20(22-3)24-15-21(2)9-4-5-10-21;/h6-7,12,18H,4-5,8-11,13-15H2,1-3H3,(H2,22,23,24);1H. The number of guanidine groups is 1. The molecule has 0 spiro atoms. The van der Waals surface area contributed by atoms with Crippen molar-refractivity contribution >= 4 is 29.9 Å². The second-order valence-electron chi connectivity index (χ2n) is 8.01. The molecule has 6 heteroatoms. The van der Waals surface area contributed by atoms with Crippen molar-refractivity contribution in [2.24, 2.45) is 10.4 Å². The first-order valence-electron chi connectivity index (χ1n) is 9.86. The first-order chi connectivity index (χ1) is 12.6. The lowest BCUT2D eigenvalue weighted by atomic mass is 9.89. The molecule has 1 heterocycles. The Morgan fingerprint density at radius 1 is 1.30 bits per heavy atom. The van der Waals surface area contributed by atoms with Gasteiger partial charge in [0.1, 0.15) is 11.9 Å². The average Bonchev–Trinajstić information content (AvgIpc) is 3.29. The van der Waals surface area contributed by atoms with Crippen molar-refractivity contribution in [2.45, 2.75) is 58.6 Å². The lowest BCUT2D eigenvalue weighted by molar-refractivity contribution is 0.140. The van der Waals surface area contributed by atoms with Crippen molar-refractivity contribution in [1.82, 2.24) is 10.6 Å². The molecular formula is C21H34IN3O2. The zero-order valence-corrected chi connectivity index (χ0v) is 19.2. The topological polar surface area (TPSA) is 54.9 Å². The molecule has 3 rings (SSSR count). The van der Waals surface area contributed by atoms with Crippen molar-refractivity contribution in [1.29, 1.82) is 0 Å². The number of nitrogens with zero attached hydrogens (tertiary/aromatic N) is 1. The van der Waals surface area contributed by atoms with E-state index in [1.165, 1.54) is 31.2 Å². The molecule has 152 valence electrons. The first kappa shape index (κ1) is 22.3. The molecular weight excluding hydrogens is 453 g/mol. The third-order valence-corrected chi connectivity index (χ3v) is 5.57. The van der Waals surface area contributed by atoms with Crippen molar-refractivity contribution in [3.05, 3.63) is 29.3 Å². The van der Waals surface area contributed by atoms with Gasteiger partial charge in [-0.25, -0.2) is 0 Å². The predicted octanol–water partition coefficient (Wildman–Crippen LogP) is 4.03. The number of ether oxygens (including phenoxy) is 2. The van der Waals surface area contributed by atoms with Crippen molar-refractivity contribution in [3.8, 4) is 5.75 Å². The molecule has 1 saturated carbocycles. The summed E-state index contributed by atoms with van der Waals surface area (Å²) in [5.41, 5.74) is 2.76. The predicted molar refractivity (Wildman–Crippen MR) is 121 cm³/mol. The highest BCUT2D eigenvalue weighted by Gasteiger charge is 2.28. The fourth-order valence-electron chi connectivity index (χ4n) is 3.80. The molecule has 0 aromatic heterocycles. The van der Waals surface area contributed by atoms with Crippen LogP contribution in [0.4, 0.5) is 0 Å². The summed E-state index contributed by atoms with van der Waals surface area (Å²) in [4.78, 5) is 4.38. The number of rotatable bonds is 6. The Balaban J connectivity index is 0.00000261. The quantitative estimate of drug-likeness (QED) is 0.362. The van der Waals surface area contributed by atoms with Crippen LogP contribution in [0.15, 0.2) is 23.2 Å². The van der Waals surface area contributed by atoms with Crippen LogP contribution in [0.2, 0.25) is 0 Å². The summed E-state index contributed by atoms with van der Waals surface area (Å²) >= 11 is 0. The Hall–Kier alpha value is -1.02. The molecule has 27 heavy (non-hydrogen) atoms. The molecule has 2 N–H and O–H groups in total. The van der Waals surface area contributed by atoms with Crippen molar-refractivity contribution in [2.75, 3.05) is 26.8 Å². The third-order valence-electron chi connectivity index (χ3n) is 5.57. The van der Waals surface area contributed by atoms with Gasteiger partial charge in [0, 0.05) is 32.1 Å². The molecule has 1 unspecified atom stereocenters. The Kier molecular flexibility index (Phi) is 8.66. The maximum atomic E-state index is 6.19. The van der Waals surface area contributed by atoms with E-state index < -0.39 is 0 Å². The van der Waals surface area contributed by atoms with E-state index in [1.54, 1.807) is 0 Å². The van der Waals surface area contributed by atoms with Gasteiger partial charge in [0.05, 0.1) is 13.2 Å². The van der Waals surface area contributed by atoms with Gasteiger partial charge < -0.3 is 20.1 Å². The Bertz CT molecular complexity index is 624. The van der Waals surface area contributed by atoms with Crippen LogP contribution in [0.5, 0.6) is 5.75 Å². The molecule has 1 aromatic carbocycles. The number of hydrogen-bond donors (Lipinski definition) is 2. The van der Waals surface area contributed by atoms with Gasteiger partial charge >= 0.3 is 0 Å². The fraction of sp³-hybridized carbons (Fsp3) is 0.667. The molecule has 0 bridgehead atoms. The fourth-order valence-corrected chi connectivity index (χ4v) is 3.80. The van der Waals surface area contributed by atoms with Crippen LogP contribution in [0.1, 0.15) is 50.2 Å². The maximum Gasteiger partial charge on any atom is 0.191 e. The molecule has 0 amide bonds. The Morgan fingerprint density at radius 3 is 2.74 bits per heavy atom. The van der Waals surface area contributed by atoms with Crippen LogP contribution in [0, 0.1) is 12.3 Å². The van der Waals surface area contributed by atoms with Gasteiger partial charge in [-0.15, -0.1) is 24.0 Å². The maximum absolute atomic E-state index is 6.19. The summed E-state index contributed by atoms with van der Waals surface area (Å²) in [5, 5.41) is 6.94. The van der Waals surface area contributed by atoms with E-state index in [2.05, 4.69) is 47.7 Å². The minimum absolute atomic E-state index is 0. The molecule has 0 radical (unpaired) electrons. The van der Waals surface area contributed by atoms with E-state index in [4.69, 9.17) is 9.47 Å². The summed E-state index contributed by atoms with van der Waals surface area (Å²) in [6, 6.07) is 6.38. The minimum Gasteiger partial charge on any atom is -0.488 e. The number of aryl methyl sites for hydroxylation is 1. The highest BCUT2D eigenvalue weighted by molar-refractivity contribution is 14.0. The second kappa shape index (κ2) is 10.5. The van der Waals surface area contributed by atoms with Crippen LogP contribution in [-0.4, -0.2) is 38.9 Å². The smallest absolute Gasteiger partial charge is 0.191 e. The molecule has 2 aliphatic rings. The van der Waals surface area contributed by atoms with Gasteiger partial charge in [0.2, 0.25) is 0 Å². The highest BCUT2D eigenvalue weighted by atomic mass is 127. The number of hydrogen-bond acceptors (Lipinski definition) is 3. The summed E-state index contributed by atoms with van der Waals surface area (Å²) in [7, 11) is 1.83. The van der Waals surface area contributed by atoms with E-state index in [-0.39, 0.29) is 30.1 Å². The molecule has 1 aromatic rings. The van der Waals surface area contributed by atoms with E-state index in [9.17, 15) is 0 Å². The first-order valence-corrected chi connectivity index (χ1v) is 9.86. The van der Waals surface area contributed by atoms with E-state index in [0.717, 1.165) is 36.8 Å². The summed E-state index contributed by atoms with van der Waals surface area (Å²) in [5.74, 6) is 1.81. The lowest BCUT2D eigenvalue weighted by Crippen LogP contribution is -2.41. The average molecular weight is 487 g/mol. The van der Waals surface area contributed by atoms with Gasteiger partial charge in [-0.1, -0.05) is 31.9 Å². The highest BCUT2D eigenvalue weighted by Crippen LogP contribution is 2.36. The summed E-state index contributed by atoms with van der Waals surface area (Å²) in [6.07, 6.45) is 6.42. The van der Waals surface area contributed by atoms with Crippen LogP contribution in [-0.2, 0) is 11.3 Å². The zero-order chi connectivity index (χ0) is 18.4. The van der Waals surface area contributed by atoms with Crippen molar-refractivity contribution in [3.63, 3.8) is 0 Å². The van der Waals surface area contributed by atoms with E-state index in [1.807, 2.05) is 7.05 Å². The largest absolute Gasteiger partial charge is 0.488 e. The Labute approximate surface area is 180 Å². The Morgan fingerprint density at radius 2 is 2.07 bits per heavy atom. The number of halogens is 1. The van der Waals surface area contributed by atoms with Gasteiger partial charge in [0.15, 0.2) is 5.96 Å². The zero-order valence-electron chi connectivity index (χ0n) is 16.8. The van der Waals surface area contributed by atoms with Gasteiger partial charge in [-0.2, -0.15) is 0 Å². The monoisotopic (exact) mass is 487 g/mol. The number of aliphatic imine (C=N–C) groups is 1. The van der Waals surface area contributed by atoms with Gasteiger partial charge in [0.25, 0.3) is 0 Å². The summed E-state index contributed by atoms with van der Waals surface area (Å²) in [6.45, 7) is 7.61. The number of nitrogens with one attached hydrogen (secondary N) is 2. The van der Waals surface area contributed by atoms with Crippen LogP contribution in [0.25, 0.3) is 0 Å². The number of benzene rings is 1. The van der Waals surface area contributed by atoms with Crippen LogP contribution >= 0.6 is 24.0 Å². The van der Waals surface area contributed by atoms with Gasteiger partial charge in [-0.05, 0) is 36.8 Å². The third kappa shape index (κ3) is 6.52. The van der Waals surface area contributed by atoms with Crippen LogP contribution in [0.3, 0.4) is 0 Å². The minimum atomic E-state index is 0. The van der Waals surface area contributed by atoms with Crippen molar-refractivity contribution < 1.29 is 9.47 Å². The van der Waals surface area contributed by atoms with Gasteiger partial charge in [-0.3, -0.25) is 4.99 Å². The summed E-state index contributed by atoms with van der Waals surface area (Å²) < 4.78 is 11.6. The van der Waals surface area contributed by atoms with E-state index in [0.29, 0.717) is 18.6 Å². The molecule has 2 fully saturated rings. The van der Waals surface area contributed by atoms with E-state index >= 15 is 0 Å². The molecule has 5 nitrogen and oxygen atoms in total. The SMILES string of the molecule is CN=C(NCc1ccc(C)cc1OC1CCOC1)NCC1(C)CCCC1.I. The molecule has 1 atom stereocenters. The second-order valence-corrected chi connectivity index (χ2v) is 8.01.